The molecule has 2 heterocycles. The largest absolute Gasteiger partial charge is 0.334 e. The summed E-state index contributed by atoms with van der Waals surface area (Å²) in [5.41, 5.74) is 1.91. The van der Waals surface area contributed by atoms with Gasteiger partial charge in [-0.05, 0) is 35.6 Å². The lowest BCUT2D eigenvalue weighted by atomic mass is 10.3. The first-order valence-corrected chi connectivity index (χ1v) is 5.33. The van der Waals surface area contributed by atoms with E-state index in [-0.39, 0.29) is 0 Å². The quantitative estimate of drug-likeness (QED) is 0.684. The van der Waals surface area contributed by atoms with Gasteiger partial charge in [0.25, 0.3) is 0 Å². The fourth-order valence-electron chi connectivity index (χ4n) is 1.39. The Kier molecular flexibility index (Phi) is 2.23. The fraction of sp³-hybridized carbons (Fsp3) is 0.222. The Labute approximate surface area is 95.0 Å². The molecule has 0 unspecified atom stereocenters. The Hall–Kier alpha value is -0.290. The van der Waals surface area contributed by atoms with Crippen molar-refractivity contribution in [1.82, 2.24) is 9.55 Å². The van der Waals surface area contributed by atoms with Crippen LogP contribution in [0.25, 0.3) is 11.0 Å². The third-order valence-corrected chi connectivity index (χ3v) is 3.08. The van der Waals surface area contributed by atoms with Gasteiger partial charge in [0.05, 0.1) is 10.4 Å². The number of halogens is 2. The molecule has 68 valence electrons. The van der Waals surface area contributed by atoms with Gasteiger partial charge in [-0.3, -0.25) is 0 Å². The lowest BCUT2D eigenvalue weighted by Gasteiger charge is -1.99. The average Bonchev–Trinajstić information content (AvgIpc) is 2.27. The molecule has 0 saturated carbocycles. The van der Waals surface area contributed by atoms with Crippen molar-refractivity contribution in [3.63, 3.8) is 0 Å². The number of hydrogen-bond acceptors (Lipinski definition) is 1. The molecule has 2 rings (SSSR count). The Morgan fingerprint density at radius 3 is 2.92 bits per heavy atom. The molecule has 0 aromatic carbocycles. The number of hydrogen-bond donors (Lipinski definition) is 0. The molecule has 0 atom stereocenters. The Morgan fingerprint density at radius 1 is 1.54 bits per heavy atom. The molecule has 0 amide bonds. The molecule has 0 saturated heterocycles. The maximum Gasteiger partial charge on any atom is 0.142 e. The molecule has 2 nitrogen and oxygen atoms in total. The number of pyridine rings is 1. The van der Waals surface area contributed by atoms with Crippen molar-refractivity contribution in [2.24, 2.45) is 7.05 Å². The van der Waals surface area contributed by atoms with Gasteiger partial charge in [-0.15, -0.1) is 0 Å². The summed E-state index contributed by atoms with van der Waals surface area (Å²) >= 11 is 8.39. The van der Waals surface area contributed by atoms with Crippen molar-refractivity contribution in [3.8, 4) is 0 Å². The highest BCUT2D eigenvalue weighted by Crippen LogP contribution is 2.28. The number of nitrogens with zero attached hydrogens (tertiary/aromatic N) is 2. The number of aromatic nitrogens is 2. The Balaban J connectivity index is 2.97. The van der Waals surface area contributed by atoms with E-state index in [2.05, 4.69) is 27.6 Å². The van der Waals surface area contributed by atoms with Gasteiger partial charge >= 0.3 is 0 Å². The van der Waals surface area contributed by atoms with Crippen LogP contribution >= 0.6 is 34.2 Å². The second-order valence-electron chi connectivity index (χ2n) is 3.03. The van der Waals surface area contributed by atoms with E-state index in [9.17, 15) is 0 Å². The molecular weight excluding hydrogens is 298 g/mol. The number of rotatable bonds is 0. The second kappa shape index (κ2) is 3.13. The summed E-state index contributed by atoms with van der Waals surface area (Å²) < 4.78 is 3.14. The summed E-state index contributed by atoms with van der Waals surface area (Å²) in [5.74, 6) is 0. The molecule has 0 bridgehead atoms. The predicted octanol–water partition coefficient (Wildman–Crippen LogP) is 3.14. The molecule has 2 aromatic heterocycles. The van der Waals surface area contributed by atoms with E-state index in [1.807, 2.05) is 30.8 Å². The lowest BCUT2D eigenvalue weighted by Crippen LogP contribution is -1.89. The van der Waals surface area contributed by atoms with E-state index in [1.54, 1.807) is 0 Å². The minimum absolute atomic E-state index is 0.785. The van der Waals surface area contributed by atoms with E-state index in [4.69, 9.17) is 11.6 Å². The molecule has 0 radical (unpaired) electrons. The van der Waals surface area contributed by atoms with Gasteiger partial charge in [-0.1, -0.05) is 11.6 Å². The minimum atomic E-state index is 0.785. The first-order chi connectivity index (χ1) is 6.09. The van der Waals surface area contributed by atoms with E-state index < -0.39 is 0 Å². The molecule has 0 N–H and O–H groups in total. The van der Waals surface area contributed by atoms with Crippen LogP contribution in [0.15, 0.2) is 12.3 Å². The third kappa shape index (κ3) is 1.44. The molecule has 0 aliphatic rings. The van der Waals surface area contributed by atoms with Crippen molar-refractivity contribution in [2.75, 3.05) is 0 Å². The monoisotopic (exact) mass is 306 g/mol. The normalized spacial score (nSPS) is 11.1. The highest BCUT2D eigenvalue weighted by atomic mass is 127. The van der Waals surface area contributed by atoms with Gasteiger partial charge in [0.1, 0.15) is 5.65 Å². The Morgan fingerprint density at radius 2 is 2.23 bits per heavy atom. The molecule has 4 heteroatoms. The van der Waals surface area contributed by atoms with Crippen LogP contribution in [0, 0.1) is 10.5 Å². The maximum absolute atomic E-state index is 6.12. The molecule has 13 heavy (non-hydrogen) atoms. The van der Waals surface area contributed by atoms with Crippen LogP contribution in [-0.2, 0) is 7.05 Å². The predicted molar refractivity (Wildman–Crippen MR) is 63.2 cm³/mol. The van der Waals surface area contributed by atoms with Crippen molar-refractivity contribution in [3.05, 3.63) is 26.5 Å². The van der Waals surface area contributed by atoms with E-state index in [0.29, 0.717) is 0 Å². The zero-order chi connectivity index (χ0) is 9.59. The summed E-state index contributed by atoms with van der Waals surface area (Å²) in [4.78, 5) is 4.43. The van der Waals surface area contributed by atoms with Crippen LogP contribution in [0.5, 0.6) is 0 Å². The zero-order valence-corrected chi connectivity index (χ0v) is 10.2. The van der Waals surface area contributed by atoms with Gasteiger partial charge < -0.3 is 4.57 Å². The SMILES string of the molecule is Cc1cc(Cl)c2c(I)cn(C)c2n1. The molecule has 0 spiro atoms. The standard InChI is InChI=1S/C9H8ClIN2/c1-5-3-6(10)8-7(11)4-13(2)9(8)12-5/h3-4H,1-2H3. The minimum Gasteiger partial charge on any atom is -0.334 e. The van der Waals surface area contributed by atoms with Crippen LogP contribution in [0.4, 0.5) is 0 Å². The Bertz CT molecular complexity index is 476. The summed E-state index contributed by atoms with van der Waals surface area (Å²) in [6, 6.07) is 1.89. The molecule has 0 aliphatic carbocycles. The van der Waals surface area contributed by atoms with Gasteiger partial charge in [0.2, 0.25) is 0 Å². The maximum atomic E-state index is 6.12. The summed E-state index contributed by atoms with van der Waals surface area (Å²) in [6.07, 6.45) is 2.03. The smallest absolute Gasteiger partial charge is 0.142 e. The topological polar surface area (TPSA) is 17.8 Å². The molecule has 0 fully saturated rings. The lowest BCUT2D eigenvalue weighted by molar-refractivity contribution is 0.941. The highest BCUT2D eigenvalue weighted by Gasteiger charge is 2.09. The first-order valence-electron chi connectivity index (χ1n) is 3.87. The summed E-state index contributed by atoms with van der Waals surface area (Å²) in [5, 5.41) is 1.84. The molecule has 0 aliphatic heterocycles. The molecule has 2 aromatic rings. The average molecular weight is 307 g/mol. The van der Waals surface area contributed by atoms with Crippen LogP contribution in [0.2, 0.25) is 5.02 Å². The van der Waals surface area contributed by atoms with E-state index in [0.717, 1.165) is 25.3 Å². The van der Waals surface area contributed by atoms with Gasteiger partial charge in [-0.25, -0.2) is 4.98 Å². The highest BCUT2D eigenvalue weighted by molar-refractivity contribution is 14.1. The van der Waals surface area contributed by atoms with Crippen molar-refractivity contribution < 1.29 is 0 Å². The van der Waals surface area contributed by atoms with Crippen LogP contribution in [-0.4, -0.2) is 9.55 Å². The van der Waals surface area contributed by atoms with Gasteiger partial charge in [0.15, 0.2) is 0 Å². The second-order valence-corrected chi connectivity index (χ2v) is 4.60. The van der Waals surface area contributed by atoms with Crippen LogP contribution < -0.4 is 0 Å². The van der Waals surface area contributed by atoms with E-state index >= 15 is 0 Å². The summed E-state index contributed by atoms with van der Waals surface area (Å²) in [7, 11) is 1.98. The summed E-state index contributed by atoms with van der Waals surface area (Å²) in [6.45, 7) is 1.95. The van der Waals surface area contributed by atoms with Crippen molar-refractivity contribution >= 4 is 45.2 Å². The van der Waals surface area contributed by atoms with Crippen molar-refractivity contribution in [2.45, 2.75) is 6.92 Å². The van der Waals surface area contributed by atoms with Gasteiger partial charge in [-0.2, -0.15) is 0 Å². The zero-order valence-electron chi connectivity index (χ0n) is 7.31. The third-order valence-electron chi connectivity index (χ3n) is 1.96. The van der Waals surface area contributed by atoms with Crippen LogP contribution in [0.1, 0.15) is 5.69 Å². The first kappa shape index (κ1) is 9.27. The number of aryl methyl sites for hydroxylation is 2. The number of fused-ring (bicyclic) bond motifs is 1. The molecular formula is C9H8ClIN2. The van der Waals surface area contributed by atoms with Crippen molar-refractivity contribution in [1.29, 1.82) is 0 Å². The van der Waals surface area contributed by atoms with E-state index in [1.165, 1.54) is 0 Å². The van der Waals surface area contributed by atoms with Crippen LogP contribution in [0.3, 0.4) is 0 Å². The van der Waals surface area contributed by atoms with Gasteiger partial charge in [0, 0.05) is 22.5 Å². The fourth-order valence-corrected chi connectivity index (χ4v) is 2.84.